The number of fused-ring (bicyclic) bond motifs is 1. The molecule has 1 aliphatic rings. The summed E-state index contributed by atoms with van der Waals surface area (Å²) in [5.74, 6) is 0.911. The van der Waals surface area contributed by atoms with E-state index in [2.05, 4.69) is 54.6 Å². The van der Waals surface area contributed by atoms with E-state index in [1.54, 1.807) is 44.3 Å². The topological polar surface area (TPSA) is 106 Å². The molecule has 0 bridgehead atoms. The molecule has 5 rings (SSSR count). The Bertz CT molecular complexity index is 1460. The summed E-state index contributed by atoms with van der Waals surface area (Å²) in [6, 6.07) is 17.0. The summed E-state index contributed by atoms with van der Waals surface area (Å²) in [7, 11) is -1.33. The first kappa shape index (κ1) is 24.1. The molecule has 0 amide bonds. The predicted molar refractivity (Wildman–Crippen MR) is 145 cm³/mol. The minimum Gasteiger partial charge on any atom is -0.369 e. The average molecular weight is 506 g/mol. The number of hydrogen-bond acceptors (Lipinski definition) is 8. The molecule has 36 heavy (non-hydrogen) atoms. The van der Waals surface area contributed by atoms with Crippen molar-refractivity contribution in [2.24, 2.45) is 0 Å². The lowest BCUT2D eigenvalue weighted by Gasteiger charge is -2.34. The second-order valence-corrected chi connectivity index (χ2v) is 11.8. The van der Waals surface area contributed by atoms with E-state index in [-0.39, 0.29) is 4.90 Å². The van der Waals surface area contributed by atoms with Crippen LogP contribution in [-0.4, -0.2) is 66.7 Å². The second-order valence-electron chi connectivity index (χ2n) is 9.31. The SMILES string of the molecule is CC(C)S(=O)(=O)c1ccccc1Nc1nc(Nc2ccc(N3CCN(C)CC3)cc2)nc2cc[nH]c12. The fourth-order valence-electron chi connectivity index (χ4n) is 4.24. The third-order valence-corrected chi connectivity index (χ3v) is 8.68. The highest BCUT2D eigenvalue weighted by atomic mass is 32.2. The number of nitrogens with one attached hydrogen (secondary N) is 3. The molecule has 0 radical (unpaired) electrons. The molecule has 9 nitrogen and oxygen atoms in total. The van der Waals surface area contributed by atoms with Crippen molar-refractivity contribution >= 4 is 49.7 Å². The van der Waals surface area contributed by atoms with Gasteiger partial charge in [0.1, 0.15) is 5.52 Å². The summed E-state index contributed by atoms with van der Waals surface area (Å²) >= 11 is 0. The van der Waals surface area contributed by atoms with Gasteiger partial charge in [-0.05, 0) is 63.4 Å². The van der Waals surface area contributed by atoms with Crippen molar-refractivity contribution in [1.29, 1.82) is 0 Å². The molecule has 0 saturated carbocycles. The molecule has 1 fully saturated rings. The normalized spacial score (nSPS) is 14.9. The molecule has 3 heterocycles. The minimum atomic E-state index is -3.48. The van der Waals surface area contributed by atoms with Crippen LogP contribution in [0, 0.1) is 0 Å². The Kier molecular flexibility index (Phi) is 6.55. The summed E-state index contributed by atoms with van der Waals surface area (Å²) in [5, 5.41) is 5.98. The Morgan fingerprint density at radius 1 is 0.917 bits per heavy atom. The predicted octanol–water partition coefficient (Wildman–Crippen LogP) is 4.38. The van der Waals surface area contributed by atoms with E-state index in [4.69, 9.17) is 0 Å². The van der Waals surface area contributed by atoms with E-state index in [0.29, 0.717) is 28.5 Å². The number of rotatable bonds is 7. The largest absolute Gasteiger partial charge is 0.369 e. The highest BCUT2D eigenvalue weighted by Crippen LogP contribution is 2.31. The van der Waals surface area contributed by atoms with Gasteiger partial charge in [0.25, 0.3) is 0 Å². The van der Waals surface area contributed by atoms with Crippen LogP contribution in [0.25, 0.3) is 11.0 Å². The van der Waals surface area contributed by atoms with E-state index in [9.17, 15) is 8.42 Å². The smallest absolute Gasteiger partial charge is 0.229 e. The highest BCUT2D eigenvalue weighted by molar-refractivity contribution is 7.92. The van der Waals surface area contributed by atoms with Gasteiger partial charge in [-0.15, -0.1) is 0 Å². The van der Waals surface area contributed by atoms with E-state index in [1.165, 1.54) is 5.69 Å². The molecule has 0 unspecified atom stereocenters. The average Bonchev–Trinajstić information content (AvgIpc) is 3.34. The fourth-order valence-corrected chi connectivity index (χ4v) is 5.44. The zero-order chi connectivity index (χ0) is 25.3. The maximum absolute atomic E-state index is 12.9. The Labute approximate surface area is 211 Å². The lowest BCUT2D eigenvalue weighted by atomic mass is 10.2. The van der Waals surface area contributed by atoms with Crippen LogP contribution in [0.15, 0.2) is 65.7 Å². The Hall–Kier alpha value is -3.63. The summed E-state index contributed by atoms with van der Waals surface area (Å²) in [4.78, 5) is 17.4. The Morgan fingerprint density at radius 3 is 2.36 bits per heavy atom. The van der Waals surface area contributed by atoms with Gasteiger partial charge >= 0.3 is 0 Å². The molecule has 2 aromatic heterocycles. The van der Waals surface area contributed by atoms with Crippen molar-refractivity contribution in [2.75, 3.05) is 48.8 Å². The third-order valence-electron chi connectivity index (χ3n) is 6.47. The van der Waals surface area contributed by atoms with E-state index in [1.807, 2.05) is 18.2 Å². The monoisotopic (exact) mass is 505 g/mol. The van der Waals surface area contributed by atoms with Gasteiger partial charge in [0, 0.05) is 43.8 Å². The van der Waals surface area contributed by atoms with Crippen LogP contribution in [0.2, 0.25) is 0 Å². The Morgan fingerprint density at radius 2 is 1.64 bits per heavy atom. The number of piperazine rings is 1. The quantitative estimate of drug-likeness (QED) is 0.340. The molecule has 1 saturated heterocycles. The maximum Gasteiger partial charge on any atom is 0.229 e. The molecule has 0 spiro atoms. The van der Waals surface area contributed by atoms with Gasteiger partial charge in [0.2, 0.25) is 5.95 Å². The van der Waals surface area contributed by atoms with Crippen molar-refractivity contribution in [3.05, 3.63) is 60.8 Å². The molecule has 0 atom stereocenters. The van der Waals surface area contributed by atoms with Crippen LogP contribution in [0.5, 0.6) is 0 Å². The molecular formula is C26H31N7O2S. The number of aromatic amines is 1. The van der Waals surface area contributed by atoms with E-state index >= 15 is 0 Å². The number of para-hydroxylation sites is 1. The number of anilines is 5. The number of aromatic nitrogens is 3. The molecular weight excluding hydrogens is 474 g/mol. The number of H-pyrrole nitrogens is 1. The molecule has 2 aromatic carbocycles. The van der Waals surface area contributed by atoms with E-state index in [0.717, 1.165) is 31.9 Å². The number of hydrogen-bond donors (Lipinski definition) is 3. The zero-order valence-corrected chi connectivity index (χ0v) is 21.5. The molecule has 1 aliphatic heterocycles. The van der Waals surface area contributed by atoms with Crippen molar-refractivity contribution < 1.29 is 8.42 Å². The molecule has 3 N–H and O–H groups in total. The van der Waals surface area contributed by atoms with Crippen LogP contribution >= 0.6 is 0 Å². The zero-order valence-electron chi connectivity index (χ0n) is 20.7. The first-order valence-electron chi connectivity index (χ1n) is 12.1. The van der Waals surface area contributed by atoms with Gasteiger partial charge in [0.05, 0.1) is 21.3 Å². The molecule has 4 aromatic rings. The first-order valence-corrected chi connectivity index (χ1v) is 13.6. The van der Waals surface area contributed by atoms with Gasteiger partial charge in [-0.25, -0.2) is 13.4 Å². The van der Waals surface area contributed by atoms with Crippen molar-refractivity contribution in [1.82, 2.24) is 19.9 Å². The third kappa shape index (κ3) is 4.87. The van der Waals surface area contributed by atoms with Gasteiger partial charge in [0.15, 0.2) is 15.7 Å². The number of nitrogens with zero attached hydrogens (tertiary/aromatic N) is 4. The first-order chi connectivity index (χ1) is 17.3. The van der Waals surface area contributed by atoms with Crippen LogP contribution in [-0.2, 0) is 9.84 Å². The van der Waals surface area contributed by atoms with Gasteiger partial charge in [-0.1, -0.05) is 12.1 Å². The minimum absolute atomic E-state index is 0.243. The van der Waals surface area contributed by atoms with Crippen molar-refractivity contribution in [3.8, 4) is 0 Å². The Balaban J connectivity index is 1.41. The number of sulfone groups is 1. The van der Waals surface area contributed by atoms with Crippen LogP contribution in [0.4, 0.5) is 28.8 Å². The van der Waals surface area contributed by atoms with Crippen LogP contribution in [0.1, 0.15) is 13.8 Å². The van der Waals surface area contributed by atoms with Crippen LogP contribution < -0.4 is 15.5 Å². The lowest BCUT2D eigenvalue weighted by molar-refractivity contribution is 0.313. The summed E-state index contributed by atoms with van der Waals surface area (Å²) in [6.45, 7) is 7.50. The standard InChI is InChI=1S/C26H31N7O2S/c1-18(2)36(34,35)23-7-5-4-6-21(23)29-25-24-22(12-13-27-24)30-26(31-25)28-19-8-10-20(11-9-19)33-16-14-32(3)15-17-33/h4-13,18,27H,14-17H2,1-3H3,(H2,28,29,30,31). The highest BCUT2D eigenvalue weighted by Gasteiger charge is 2.23. The molecule has 188 valence electrons. The summed E-state index contributed by atoms with van der Waals surface area (Å²) < 4.78 is 25.8. The fraction of sp³-hybridized carbons (Fsp3) is 0.308. The second kappa shape index (κ2) is 9.79. The summed E-state index contributed by atoms with van der Waals surface area (Å²) in [6.07, 6.45) is 1.79. The number of likely N-dealkylation sites (N-methyl/N-ethyl adjacent to an activating group) is 1. The maximum atomic E-state index is 12.9. The van der Waals surface area contributed by atoms with Crippen molar-refractivity contribution in [3.63, 3.8) is 0 Å². The van der Waals surface area contributed by atoms with Gasteiger partial charge in [-0.2, -0.15) is 4.98 Å². The van der Waals surface area contributed by atoms with E-state index < -0.39 is 15.1 Å². The lowest BCUT2D eigenvalue weighted by Crippen LogP contribution is -2.44. The molecule has 10 heteroatoms. The van der Waals surface area contributed by atoms with Gasteiger partial charge < -0.3 is 25.4 Å². The summed E-state index contributed by atoms with van der Waals surface area (Å²) in [5.41, 5.74) is 3.96. The van der Waals surface area contributed by atoms with Crippen LogP contribution in [0.3, 0.4) is 0 Å². The van der Waals surface area contributed by atoms with Crippen molar-refractivity contribution in [2.45, 2.75) is 24.0 Å². The molecule has 0 aliphatic carbocycles. The number of benzene rings is 2. The van der Waals surface area contributed by atoms with Gasteiger partial charge in [-0.3, -0.25) is 0 Å².